The Morgan fingerprint density at radius 3 is 2.18 bits per heavy atom. The van der Waals surface area contributed by atoms with E-state index in [-0.39, 0.29) is 23.3 Å². The number of likely N-dealkylation sites (tertiary alicyclic amines) is 1. The normalized spacial score (nSPS) is 41.0. The molecule has 4 bridgehead atoms. The molecule has 0 unspecified atom stereocenters. The molecule has 5 aliphatic rings. The Morgan fingerprint density at radius 2 is 1.68 bits per heavy atom. The highest BCUT2D eigenvalue weighted by Crippen LogP contribution is 2.64. The molecule has 1 saturated heterocycles. The van der Waals surface area contributed by atoms with Crippen LogP contribution in [0.15, 0.2) is 30.3 Å². The van der Waals surface area contributed by atoms with Crippen LogP contribution < -0.4 is 5.73 Å². The van der Waals surface area contributed by atoms with E-state index in [4.69, 9.17) is 5.73 Å². The molecule has 28 heavy (non-hydrogen) atoms. The Balaban J connectivity index is 1.45. The Hall–Kier alpha value is -1.88. The van der Waals surface area contributed by atoms with Crippen molar-refractivity contribution in [3.05, 3.63) is 35.9 Å². The lowest BCUT2D eigenvalue weighted by Crippen LogP contribution is -2.62. The minimum atomic E-state index is -0.417. The Bertz CT molecular complexity index is 747. The summed E-state index contributed by atoms with van der Waals surface area (Å²) in [4.78, 5) is 26.6. The summed E-state index contributed by atoms with van der Waals surface area (Å²) < 4.78 is 0. The summed E-state index contributed by atoms with van der Waals surface area (Å²) in [6.45, 7) is 0.646. The van der Waals surface area contributed by atoms with Gasteiger partial charge in [-0.15, -0.1) is 0 Å². The van der Waals surface area contributed by atoms with Gasteiger partial charge in [-0.1, -0.05) is 30.3 Å². The zero-order chi connectivity index (χ0) is 19.5. The first kappa shape index (κ1) is 18.2. The molecule has 4 aliphatic carbocycles. The number of amides is 2. The van der Waals surface area contributed by atoms with Crippen molar-refractivity contribution in [1.29, 1.82) is 0 Å². The van der Waals surface area contributed by atoms with Crippen LogP contribution in [0.4, 0.5) is 0 Å². The number of carbonyl (C=O) groups is 2. The summed E-state index contributed by atoms with van der Waals surface area (Å²) in [5, 5.41) is 10.6. The van der Waals surface area contributed by atoms with Crippen molar-refractivity contribution in [3.8, 4) is 0 Å². The first-order chi connectivity index (χ1) is 13.5. The second kappa shape index (κ2) is 6.58. The van der Waals surface area contributed by atoms with Crippen molar-refractivity contribution in [2.75, 3.05) is 6.54 Å². The van der Waals surface area contributed by atoms with Gasteiger partial charge in [0.25, 0.3) is 0 Å². The standard InChI is InChI=1S/C23H30N2O3/c24-22(28)19-6-7-25(19)20(26)13-23(12-14-4-2-1-3-5-14)17-8-15-9-18(23)11-16(10-17)21(15)27/h1-5,15-19,21,27H,6-13H2,(H2,24,28)/t15?,16?,17?,18?,19-,21?,23?/m1/s1. The molecule has 4 saturated carbocycles. The number of hydrogen-bond donors (Lipinski definition) is 2. The third-order valence-corrected chi connectivity index (χ3v) is 8.47. The van der Waals surface area contributed by atoms with Crippen molar-refractivity contribution in [2.24, 2.45) is 34.8 Å². The fraction of sp³-hybridized carbons (Fsp3) is 0.652. The van der Waals surface area contributed by atoms with Crippen LogP contribution >= 0.6 is 0 Å². The highest BCUT2D eigenvalue weighted by Gasteiger charge is 2.60. The molecule has 1 aliphatic heterocycles. The highest BCUT2D eigenvalue weighted by molar-refractivity contribution is 5.88. The zero-order valence-electron chi connectivity index (χ0n) is 16.3. The molecule has 1 atom stereocenters. The third-order valence-electron chi connectivity index (χ3n) is 8.47. The zero-order valence-corrected chi connectivity index (χ0v) is 16.3. The van der Waals surface area contributed by atoms with Gasteiger partial charge in [-0.3, -0.25) is 9.59 Å². The average molecular weight is 383 g/mol. The van der Waals surface area contributed by atoms with Crippen molar-refractivity contribution in [2.45, 2.75) is 57.1 Å². The SMILES string of the molecule is NC(=O)[C@H]1CCN1C(=O)CC1(Cc2ccccc2)C2CC3CC1CC(C2)C3O. The van der Waals surface area contributed by atoms with Crippen LogP contribution in [0.1, 0.15) is 44.1 Å². The molecule has 5 fully saturated rings. The largest absolute Gasteiger partial charge is 0.393 e. The van der Waals surface area contributed by atoms with Gasteiger partial charge in [0.05, 0.1) is 6.10 Å². The molecule has 1 aromatic rings. The van der Waals surface area contributed by atoms with Gasteiger partial charge in [-0.05, 0) is 73.2 Å². The molecule has 1 aromatic carbocycles. The summed E-state index contributed by atoms with van der Waals surface area (Å²) in [7, 11) is 0. The van der Waals surface area contributed by atoms with Crippen LogP contribution in [-0.2, 0) is 16.0 Å². The van der Waals surface area contributed by atoms with Gasteiger partial charge in [0, 0.05) is 13.0 Å². The maximum absolute atomic E-state index is 13.3. The van der Waals surface area contributed by atoms with Gasteiger partial charge in [-0.2, -0.15) is 0 Å². The minimum Gasteiger partial charge on any atom is -0.393 e. The van der Waals surface area contributed by atoms with Gasteiger partial charge < -0.3 is 15.7 Å². The van der Waals surface area contributed by atoms with E-state index in [1.807, 2.05) is 6.07 Å². The Morgan fingerprint density at radius 1 is 1.07 bits per heavy atom. The number of benzene rings is 1. The summed E-state index contributed by atoms with van der Waals surface area (Å²) in [6.07, 6.45) is 6.11. The molecule has 5 nitrogen and oxygen atoms in total. The quantitative estimate of drug-likeness (QED) is 0.818. The molecule has 2 amide bonds. The van der Waals surface area contributed by atoms with E-state index in [9.17, 15) is 14.7 Å². The number of nitrogens with zero attached hydrogens (tertiary/aromatic N) is 1. The average Bonchev–Trinajstić information content (AvgIpc) is 2.59. The van der Waals surface area contributed by atoms with Crippen LogP contribution in [0.25, 0.3) is 0 Å². The molecule has 1 heterocycles. The predicted molar refractivity (Wildman–Crippen MR) is 105 cm³/mol. The number of aliphatic hydroxyl groups is 1. The lowest BCUT2D eigenvalue weighted by atomic mass is 9.42. The number of hydrogen-bond acceptors (Lipinski definition) is 3. The number of carbonyl (C=O) groups excluding carboxylic acids is 2. The van der Waals surface area contributed by atoms with E-state index < -0.39 is 6.04 Å². The molecule has 0 radical (unpaired) electrons. The molecule has 5 heteroatoms. The summed E-state index contributed by atoms with van der Waals surface area (Å²) in [6, 6.07) is 10.1. The van der Waals surface area contributed by atoms with E-state index in [2.05, 4.69) is 24.3 Å². The van der Waals surface area contributed by atoms with Crippen LogP contribution in [0.3, 0.4) is 0 Å². The lowest BCUT2D eigenvalue weighted by Gasteiger charge is -2.63. The van der Waals surface area contributed by atoms with Crippen LogP contribution in [-0.4, -0.2) is 40.5 Å². The van der Waals surface area contributed by atoms with Crippen molar-refractivity contribution in [1.82, 2.24) is 4.90 Å². The fourth-order valence-corrected chi connectivity index (χ4v) is 7.04. The number of nitrogens with two attached hydrogens (primary N) is 1. The summed E-state index contributed by atoms with van der Waals surface area (Å²) >= 11 is 0. The van der Waals surface area contributed by atoms with Crippen molar-refractivity contribution < 1.29 is 14.7 Å². The monoisotopic (exact) mass is 382 g/mol. The van der Waals surface area contributed by atoms with E-state index in [1.54, 1.807) is 4.90 Å². The fourth-order valence-electron chi connectivity index (χ4n) is 7.04. The first-order valence-corrected chi connectivity index (χ1v) is 10.8. The summed E-state index contributed by atoms with van der Waals surface area (Å²) in [5.41, 5.74) is 6.72. The Kier molecular flexibility index (Phi) is 4.27. The van der Waals surface area contributed by atoms with Crippen LogP contribution in [0.2, 0.25) is 0 Å². The van der Waals surface area contributed by atoms with Gasteiger partial charge in [-0.25, -0.2) is 0 Å². The molecular formula is C23H30N2O3. The van der Waals surface area contributed by atoms with E-state index in [1.165, 1.54) is 5.56 Å². The smallest absolute Gasteiger partial charge is 0.240 e. The van der Waals surface area contributed by atoms with Gasteiger partial charge >= 0.3 is 0 Å². The molecular weight excluding hydrogens is 352 g/mol. The van der Waals surface area contributed by atoms with Crippen LogP contribution in [0.5, 0.6) is 0 Å². The second-order valence-corrected chi connectivity index (χ2v) is 9.71. The third kappa shape index (κ3) is 2.70. The topological polar surface area (TPSA) is 83.6 Å². The van der Waals surface area contributed by atoms with E-state index in [0.717, 1.165) is 32.1 Å². The number of aliphatic hydroxyl groups excluding tert-OH is 1. The van der Waals surface area contributed by atoms with Crippen molar-refractivity contribution >= 4 is 11.8 Å². The maximum Gasteiger partial charge on any atom is 0.240 e. The van der Waals surface area contributed by atoms with E-state index >= 15 is 0 Å². The number of primary amides is 1. The van der Waals surface area contributed by atoms with Gasteiger partial charge in [0.15, 0.2) is 0 Å². The predicted octanol–water partition coefficient (Wildman–Crippen LogP) is 2.12. The summed E-state index contributed by atoms with van der Waals surface area (Å²) in [5.74, 6) is 1.49. The molecule has 0 aromatic heterocycles. The second-order valence-electron chi connectivity index (χ2n) is 9.71. The molecule has 6 rings (SSSR count). The lowest BCUT2D eigenvalue weighted by molar-refractivity contribution is -0.179. The minimum absolute atomic E-state index is 0.0522. The van der Waals surface area contributed by atoms with Crippen molar-refractivity contribution in [3.63, 3.8) is 0 Å². The first-order valence-electron chi connectivity index (χ1n) is 10.8. The van der Waals surface area contributed by atoms with Gasteiger partial charge in [0.1, 0.15) is 6.04 Å². The number of rotatable bonds is 5. The van der Waals surface area contributed by atoms with E-state index in [0.29, 0.717) is 43.1 Å². The Labute approximate surface area is 166 Å². The maximum atomic E-state index is 13.3. The molecule has 0 spiro atoms. The molecule has 150 valence electrons. The van der Waals surface area contributed by atoms with Crippen LogP contribution in [0, 0.1) is 29.1 Å². The highest BCUT2D eigenvalue weighted by atomic mass is 16.3. The van der Waals surface area contributed by atoms with Gasteiger partial charge in [0.2, 0.25) is 11.8 Å². The molecule has 3 N–H and O–H groups in total.